The van der Waals surface area contributed by atoms with E-state index in [1.165, 1.54) is 13.0 Å². The highest BCUT2D eigenvalue weighted by atomic mass is 19.2. The number of ether oxygens (including phenoxy) is 2. The third-order valence-electron chi connectivity index (χ3n) is 3.51. The van der Waals surface area contributed by atoms with Gasteiger partial charge in [0.15, 0.2) is 11.6 Å². The summed E-state index contributed by atoms with van der Waals surface area (Å²) in [6, 6.07) is 4.98. The van der Waals surface area contributed by atoms with E-state index in [1.54, 1.807) is 6.92 Å². The van der Waals surface area contributed by atoms with E-state index >= 15 is 0 Å². The molecule has 0 saturated heterocycles. The van der Waals surface area contributed by atoms with Crippen molar-refractivity contribution < 1.29 is 23.0 Å². The molecule has 0 aliphatic carbocycles. The zero-order chi connectivity index (χ0) is 17.1. The third kappa shape index (κ3) is 3.06. The van der Waals surface area contributed by atoms with Crippen LogP contribution in [-0.2, 0) is 14.3 Å². The van der Waals surface area contributed by atoms with E-state index in [2.05, 4.69) is 0 Å². The van der Waals surface area contributed by atoms with Crippen molar-refractivity contribution in [3.05, 3.63) is 46.7 Å². The molecular weight excluding hydrogens is 306 g/mol. The van der Waals surface area contributed by atoms with Crippen molar-refractivity contribution >= 4 is 11.9 Å². The standard InChI is InChI=1S/C16H14F2N2O3/c1-3-22-16(21)13-8(2)23-15(20)10(7-19)14(13)9-4-5-11(17)12(18)6-9/h4-6,10,14,20H,3H2,1-2H3. The molecule has 1 heterocycles. The van der Waals surface area contributed by atoms with Crippen LogP contribution in [0.5, 0.6) is 0 Å². The first-order valence-corrected chi connectivity index (χ1v) is 6.89. The number of nitrogens with one attached hydrogen (secondary N) is 1. The molecule has 0 aromatic heterocycles. The van der Waals surface area contributed by atoms with Crippen molar-refractivity contribution in [2.45, 2.75) is 19.8 Å². The summed E-state index contributed by atoms with van der Waals surface area (Å²) in [6.07, 6.45) is 0. The molecule has 120 valence electrons. The number of halogens is 2. The number of allylic oxidation sites excluding steroid dienone is 1. The molecule has 23 heavy (non-hydrogen) atoms. The number of nitrogens with zero attached hydrogens (tertiary/aromatic N) is 1. The Morgan fingerprint density at radius 1 is 1.43 bits per heavy atom. The highest BCUT2D eigenvalue weighted by Gasteiger charge is 2.41. The molecule has 0 radical (unpaired) electrons. The van der Waals surface area contributed by atoms with E-state index in [0.717, 1.165) is 12.1 Å². The normalized spacial score (nSPS) is 20.7. The number of carbonyl (C=O) groups excluding carboxylic acids is 1. The van der Waals surface area contributed by atoms with Crippen LogP contribution >= 0.6 is 0 Å². The summed E-state index contributed by atoms with van der Waals surface area (Å²) < 4.78 is 36.8. The first kappa shape index (κ1) is 16.6. The van der Waals surface area contributed by atoms with E-state index in [1.807, 2.05) is 6.07 Å². The van der Waals surface area contributed by atoms with Gasteiger partial charge in [-0.2, -0.15) is 5.26 Å². The van der Waals surface area contributed by atoms with Crippen molar-refractivity contribution in [3.8, 4) is 6.07 Å². The maximum Gasteiger partial charge on any atom is 0.338 e. The number of rotatable bonds is 3. The smallest absolute Gasteiger partial charge is 0.338 e. The molecule has 1 aromatic rings. The van der Waals surface area contributed by atoms with Gasteiger partial charge in [0.2, 0.25) is 5.90 Å². The van der Waals surface area contributed by atoms with Crippen molar-refractivity contribution in [2.24, 2.45) is 5.92 Å². The predicted molar refractivity (Wildman–Crippen MR) is 76.3 cm³/mol. The Hall–Kier alpha value is -2.75. The molecule has 2 unspecified atom stereocenters. The van der Waals surface area contributed by atoms with E-state index in [0.29, 0.717) is 0 Å². The predicted octanol–water partition coefficient (Wildman–Crippen LogP) is 3.03. The summed E-state index contributed by atoms with van der Waals surface area (Å²) in [5.74, 6) is -5.20. The summed E-state index contributed by atoms with van der Waals surface area (Å²) in [6.45, 7) is 3.18. The molecule has 5 nitrogen and oxygen atoms in total. The molecule has 1 aliphatic heterocycles. The second-order valence-corrected chi connectivity index (χ2v) is 4.91. The fraction of sp³-hybridized carbons (Fsp3) is 0.312. The Morgan fingerprint density at radius 3 is 2.70 bits per heavy atom. The number of hydrogen-bond donors (Lipinski definition) is 1. The Morgan fingerprint density at radius 2 is 2.13 bits per heavy atom. The van der Waals surface area contributed by atoms with Crippen molar-refractivity contribution in [1.82, 2.24) is 0 Å². The molecule has 0 saturated carbocycles. The lowest BCUT2D eigenvalue weighted by Crippen LogP contribution is -2.33. The van der Waals surface area contributed by atoms with E-state index < -0.39 is 29.4 Å². The Balaban J connectivity index is 2.62. The molecule has 2 rings (SSSR count). The van der Waals surface area contributed by atoms with Crippen molar-refractivity contribution in [1.29, 1.82) is 10.7 Å². The van der Waals surface area contributed by atoms with Gasteiger partial charge in [0, 0.05) is 5.92 Å². The lowest BCUT2D eigenvalue weighted by atomic mass is 9.78. The van der Waals surface area contributed by atoms with Crippen LogP contribution in [-0.4, -0.2) is 18.5 Å². The Kier molecular flexibility index (Phi) is 4.74. The lowest BCUT2D eigenvalue weighted by Gasteiger charge is -2.30. The van der Waals surface area contributed by atoms with Crippen LogP contribution < -0.4 is 0 Å². The van der Waals surface area contributed by atoms with E-state index in [-0.39, 0.29) is 29.4 Å². The van der Waals surface area contributed by atoms with Gasteiger partial charge in [0.1, 0.15) is 11.7 Å². The Labute approximate surface area is 131 Å². The maximum absolute atomic E-state index is 13.6. The van der Waals surface area contributed by atoms with Gasteiger partial charge < -0.3 is 9.47 Å². The number of benzene rings is 1. The van der Waals surface area contributed by atoms with E-state index in [9.17, 15) is 18.8 Å². The number of hydrogen-bond acceptors (Lipinski definition) is 5. The van der Waals surface area contributed by atoms with Crippen LogP contribution in [0.4, 0.5) is 8.78 Å². The number of nitriles is 1. The minimum absolute atomic E-state index is 0.0282. The monoisotopic (exact) mass is 320 g/mol. The average molecular weight is 320 g/mol. The fourth-order valence-electron chi connectivity index (χ4n) is 2.50. The first-order chi connectivity index (χ1) is 10.9. The largest absolute Gasteiger partial charge is 0.463 e. The van der Waals surface area contributed by atoms with Gasteiger partial charge >= 0.3 is 5.97 Å². The van der Waals surface area contributed by atoms with Crippen LogP contribution in [0.1, 0.15) is 25.3 Å². The molecule has 1 aliphatic rings. The van der Waals surface area contributed by atoms with Crippen LogP contribution in [0.25, 0.3) is 0 Å². The quantitative estimate of drug-likeness (QED) is 0.868. The van der Waals surface area contributed by atoms with Gasteiger partial charge in [-0.3, -0.25) is 5.41 Å². The molecule has 0 fully saturated rings. The molecule has 1 aromatic carbocycles. The van der Waals surface area contributed by atoms with Crippen LogP contribution in [0, 0.1) is 34.3 Å². The van der Waals surface area contributed by atoms with Crippen LogP contribution in [0.3, 0.4) is 0 Å². The third-order valence-corrected chi connectivity index (χ3v) is 3.51. The molecule has 7 heteroatoms. The van der Waals surface area contributed by atoms with Gasteiger partial charge in [-0.05, 0) is 31.5 Å². The zero-order valence-corrected chi connectivity index (χ0v) is 12.5. The van der Waals surface area contributed by atoms with Crippen molar-refractivity contribution in [3.63, 3.8) is 0 Å². The van der Waals surface area contributed by atoms with Gasteiger partial charge in [0.05, 0.1) is 18.2 Å². The zero-order valence-electron chi connectivity index (χ0n) is 12.5. The SMILES string of the molecule is CCOC(=O)C1=C(C)OC(=N)C(C#N)C1c1ccc(F)c(F)c1. The van der Waals surface area contributed by atoms with Gasteiger partial charge in [-0.15, -0.1) is 0 Å². The lowest BCUT2D eigenvalue weighted by molar-refractivity contribution is -0.139. The minimum atomic E-state index is -1.14. The molecule has 1 N–H and O–H groups in total. The summed E-state index contributed by atoms with van der Waals surface area (Å²) in [4.78, 5) is 12.2. The van der Waals surface area contributed by atoms with Gasteiger partial charge in [-0.25, -0.2) is 13.6 Å². The van der Waals surface area contributed by atoms with Gasteiger partial charge in [0.25, 0.3) is 0 Å². The first-order valence-electron chi connectivity index (χ1n) is 6.89. The summed E-state index contributed by atoms with van der Waals surface area (Å²) in [5.41, 5.74) is 0.228. The molecule has 0 bridgehead atoms. The average Bonchev–Trinajstić information content (AvgIpc) is 2.49. The molecule has 0 spiro atoms. The van der Waals surface area contributed by atoms with Gasteiger partial charge in [-0.1, -0.05) is 6.07 Å². The second kappa shape index (κ2) is 6.57. The summed E-state index contributed by atoms with van der Waals surface area (Å²) in [7, 11) is 0. The van der Waals surface area contributed by atoms with Crippen LogP contribution in [0.15, 0.2) is 29.5 Å². The molecule has 2 atom stereocenters. The second-order valence-electron chi connectivity index (χ2n) is 4.91. The fourth-order valence-corrected chi connectivity index (χ4v) is 2.50. The maximum atomic E-state index is 13.6. The summed E-state index contributed by atoms with van der Waals surface area (Å²) >= 11 is 0. The molecular formula is C16H14F2N2O3. The summed E-state index contributed by atoms with van der Waals surface area (Å²) in [5, 5.41) is 17.1. The topological polar surface area (TPSA) is 83.2 Å². The highest BCUT2D eigenvalue weighted by Crippen LogP contribution is 2.39. The highest BCUT2D eigenvalue weighted by molar-refractivity contribution is 5.95. The molecule has 0 amide bonds. The Bertz CT molecular complexity index is 737. The van der Waals surface area contributed by atoms with Crippen LogP contribution in [0.2, 0.25) is 0 Å². The number of esters is 1. The number of carbonyl (C=O) groups is 1. The van der Waals surface area contributed by atoms with E-state index in [4.69, 9.17) is 14.9 Å². The minimum Gasteiger partial charge on any atom is -0.463 e. The van der Waals surface area contributed by atoms with Crippen molar-refractivity contribution in [2.75, 3.05) is 6.61 Å².